The van der Waals surface area contributed by atoms with Gasteiger partial charge >= 0.3 is 0 Å². The van der Waals surface area contributed by atoms with Gasteiger partial charge in [-0.25, -0.2) is 4.98 Å². The Balaban J connectivity index is 0.00000240. The standard InChI is InChI=1S/C23H18BrN3S.BrH/c1-16(17-11-13-21(24)14-12-17)26-27-23-25-22(15-28-23)20-9-7-19(8-10-20)18-5-3-2-4-6-18;/h2-15H,1H3,(H,25,27);1H/b26-16-;. The zero-order chi connectivity index (χ0) is 19.3. The Morgan fingerprint density at radius 2 is 1.48 bits per heavy atom. The van der Waals surface area contributed by atoms with Crippen LogP contribution in [-0.4, -0.2) is 10.7 Å². The minimum Gasteiger partial charge on any atom is -0.252 e. The molecule has 146 valence electrons. The summed E-state index contributed by atoms with van der Waals surface area (Å²) in [6, 6.07) is 26.9. The van der Waals surface area contributed by atoms with Gasteiger partial charge in [-0.05, 0) is 35.7 Å². The predicted octanol–water partition coefficient (Wildman–Crippen LogP) is 7.65. The molecule has 1 aromatic heterocycles. The van der Waals surface area contributed by atoms with Crippen LogP contribution in [0, 0.1) is 0 Å². The van der Waals surface area contributed by atoms with Crippen molar-refractivity contribution in [2.24, 2.45) is 5.10 Å². The average molecular weight is 529 g/mol. The van der Waals surface area contributed by atoms with Gasteiger partial charge in [0.25, 0.3) is 0 Å². The highest BCUT2D eigenvalue weighted by Crippen LogP contribution is 2.27. The van der Waals surface area contributed by atoms with Crippen molar-refractivity contribution >= 4 is 55.1 Å². The van der Waals surface area contributed by atoms with Crippen LogP contribution in [0.25, 0.3) is 22.4 Å². The molecule has 3 aromatic carbocycles. The molecule has 4 aromatic rings. The second kappa shape index (κ2) is 9.96. The molecule has 0 aliphatic heterocycles. The van der Waals surface area contributed by atoms with Gasteiger partial charge < -0.3 is 0 Å². The van der Waals surface area contributed by atoms with Crippen LogP contribution in [0.2, 0.25) is 0 Å². The fourth-order valence-electron chi connectivity index (χ4n) is 2.81. The van der Waals surface area contributed by atoms with E-state index in [1.54, 1.807) is 11.3 Å². The second-order valence-corrected chi connectivity index (χ2v) is 8.07. The number of hydrogen-bond donors (Lipinski definition) is 1. The molecule has 0 radical (unpaired) electrons. The highest BCUT2D eigenvalue weighted by molar-refractivity contribution is 9.10. The van der Waals surface area contributed by atoms with Crippen molar-refractivity contribution in [3.05, 3.63) is 94.3 Å². The van der Waals surface area contributed by atoms with Crippen LogP contribution < -0.4 is 5.43 Å². The number of thiazole rings is 1. The Kier molecular flexibility index (Phi) is 7.36. The minimum atomic E-state index is 0. The molecule has 0 aliphatic carbocycles. The first-order valence-corrected chi connectivity index (χ1v) is 10.5. The molecule has 0 unspecified atom stereocenters. The van der Waals surface area contributed by atoms with E-state index in [1.165, 1.54) is 11.1 Å². The number of benzene rings is 3. The van der Waals surface area contributed by atoms with E-state index < -0.39 is 0 Å². The molecular formula is C23H19Br2N3S. The van der Waals surface area contributed by atoms with E-state index in [0.717, 1.165) is 32.1 Å². The van der Waals surface area contributed by atoms with E-state index in [2.05, 4.69) is 80.0 Å². The lowest BCUT2D eigenvalue weighted by molar-refractivity contribution is 1.27. The normalized spacial score (nSPS) is 11.0. The first-order valence-electron chi connectivity index (χ1n) is 8.87. The summed E-state index contributed by atoms with van der Waals surface area (Å²) in [5.74, 6) is 0. The number of hydrogen-bond acceptors (Lipinski definition) is 4. The molecule has 1 N–H and O–H groups in total. The minimum absolute atomic E-state index is 0. The zero-order valence-corrected chi connectivity index (χ0v) is 19.8. The highest BCUT2D eigenvalue weighted by Gasteiger charge is 2.05. The molecule has 0 saturated carbocycles. The van der Waals surface area contributed by atoms with Crippen LogP contribution in [0.1, 0.15) is 12.5 Å². The lowest BCUT2D eigenvalue weighted by atomic mass is 10.0. The molecule has 0 saturated heterocycles. The van der Waals surface area contributed by atoms with E-state index in [0.29, 0.717) is 0 Å². The largest absolute Gasteiger partial charge is 0.252 e. The molecule has 0 aliphatic rings. The van der Waals surface area contributed by atoms with E-state index in [-0.39, 0.29) is 17.0 Å². The van der Waals surface area contributed by atoms with E-state index in [9.17, 15) is 0 Å². The van der Waals surface area contributed by atoms with Gasteiger partial charge in [-0.2, -0.15) is 5.10 Å². The lowest BCUT2D eigenvalue weighted by Gasteiger charge is -2.03. The van der Waals surface area contributed by atoms with Crippen molar-refractivity contribution in [2.75, 3.05) is 5.43 Å². The number of anilines is 1. The maximum Gasteiger partial charge on any atom is 0.203 e. The number of hydrazone groups is 1. The van der Waals surface area contributed by atoms with Gasteiger partial charge in [-0.3, -0.25) is 5.43 Å². The van der Waals surface area contributed by atoms with Gasteiger partial charge in [-0.15, -0.1) is 28.3 Å². The first-order chi connectivity index (χ1) is 13.7. The Labute approximate surface area is 193 Å². The van der Waals surface area contributed by atoms with Gasteiger partial charge in [0.15, 0.2) is 0 Å². The summed E-state index contributed by atoms with van der Waals surface area (Å²) in [5.41, 5.74) is 9.51. The van der Waals surface area contributed by atoms with Crippen molar-refractivity contribution in [1.82, 2.24) is 4.98 Å². The number of aromatic nitrogens is 1. The third kappa shape index (κ3) is 5.41. The van der Waals surface area contributed by atoms with Crippen LogP contribution in [-0.2, 0) is 0 Å². The maximum atomic E-state index is 4.66. The summed E-state index contributed by atoms with van der Waals surface area (Å²) in [4.78, 5) is 4.66. The van der Waals surface area contributed by atoms with Gasteiger partial charge in [0, 0.05) is 15.4 Å². The summed E-state index contributed by atoms with van der Waals surface area (Å²) in [7, 11) is 0. The van der Waals surface area contributed by atoms with Crippen LogP contribution in [0.4, 0.5) is 5.13 Å². The zero-order valence-electron chi connectivity index (χ0n) is 15.7. The molecule has 0 fully saturated rings. The third-order valence-corrected chi connectivity index (χ3v) is 5.65. The van der Waals surface area contributed by atoms with E-state index >= 15 is 0 Å². The monoisotopic (exact) mass is 527 g/mol. The van der Waals surface area contributed by atoms with Gasteiger partial charge in [-0.1, -0.05) is 82.7 Å². The first kappa shape index (κ1) is 21.4. The quantitative estimate of drug-likeness (QED) is 0.213. The molecule has 0 amide bonds. The number of nitrogens with one attached hydrogen (secondary N) is 1. The topological polar surface area (TPSA) is 37.3 Å². The highest BCUT2D eigenvalue weighted by atomic mass is 79.9. The summed E-state index contributed by atoms with van der Waals surface area (Å²) < 4.78 is 1.06. The fourth-order valence-corrected chi connectivity index (χ4v) is 3.73. The number of rotatable bonds is 5. The van der Waals surface area contributed by atoms with E-state index in [4.69, 9.17) is 0 Å². The maximum absolute atomic E-state index is 4.66. The average Bonchev–Trinajstić information content (AvgIpc) is 3.22. The van der Waals surface area contributed by atoms with Crippen molar-refractivity contribution in [3.8, 4) is 22.4 Å². The summed E-state index contributed by atoms with van der Waals surface area (Å²) >= 11 is 5.00. The molecule has 4 rings (SSSR count). The Bertz CT molecular complexity index is 1090. The van der Waals surface area contributed by atoms with Crippen LogP contribution >= 0.6 is 44.2 Å². The Morgan fingerprint density at radius 3 is 2.17 bits per heavy atom. The SMILES string of the molecule is Br.C/C(=N/Nc1nc(-c2ccc(-c3ccccc3)cc2)cs1)c1ccc(Br)cc1. The van der Waals surface area contributed by atoms with E-state index in [1.807, 2.05) is 42.6 Å². The Hall–Kier alpha value is -2.28. The molecular weight excluding hydrogens is 510 g/mol. The smallest absolute Gasteiger partial charge is 0.203 e. The molecule has 3 nitrogen and oxygen atoms in total. The molecule has 0 bridgehead atoms. The summed E-state index contributed by atoms with van der Waals surface area (Å²) in [6.45, 7) is 1.98. The van der Waals surface area contributed by atoms with Crippen molar-refractivity contribution < 1.29 is 0 Å². The van der Waals surface area contributed by atoms with Crippen molar-refractivity contribution in [2.45, 2.75) is 6.92 Å². The Morgan fingerprint density at radius 1 is 0.862 bits per heavy atom. The molecule has 29 heavy (non-hydrogen) atoms. The lowest BCUT2D eigenvalue weighted by Crippen LogP contribution is -1.99. The second-order valence-electron chi connectivity index (χ2n) is 6.30. The molecule has 1 heterocycles. The third-order valence-electron chi connectivity index (χ3n) is 4.37. The van der Waals surface area contributed by atoms with Crippen molar-refractivity contribution in [3.63, 3.8) is 0 Å². The fraction of sp³-hybridized carbons (Fsp3) is 0.0435. The van der Waals surface area contributed by atoms with Crippen LogP contribution in [0.5, 0.6) is 0 Å². The van der Waals surface area contributed by atoms with Crippen molar-refractivity contribution in [1.29, 1.82) is 0 Å². The predicted molar refractivity (Wildman–Crippen MR) is 133 cm³/mol. The van der Waals surface area contributed by atoms with Gasteiger partial charge in [0.1, 0.15) is 0 Å². The number of nitrogens with zero attached hydrogens (tertiary/aromatic N) is 2. The van der Waals surface area contributed by atoms with Crippen LogP contribution in [0.3, 0.4) is 0 Å². The number of halogens is 2. The van der Waals surface area contributed by atoms with Gasteiger partial charge in [0.05, 0.1) is 11.4 Å². The molecule has 0 atom stereocenters. The van der Waals surface area contributed by atoms with Gasteiger partial charge in [0.2, 0.25) is 5.13 Å². The molecule has 6 heteroatoms. The molecule has 0 spiro atoms. The summed E-state index contributed by atoms with van der Waals surface area (Å²) in [5, 5.41) is 7.28. The van der Waals surface area contributed by atoms with Crippen LogP contribution in [0.15, 0.2) is 93.8 Å². The summed E-state index contributed by atoms with van der Waals surface area (Å²) in [6.07, 6.45) is 0.